The zero-order valence-electron chi connectivity index (χ0n) is 10.3. The lowest BCUT2D eigenvalue weighted by molar-refractivity contribution is 0.426. The van der Waals surface area contributed by atoms with Crippen LogP contribution in [0.3, 0.4) is 0 Å². The molecule has 0 amide bonds. The lowest BCUT2D eigenvalue weighted by atomic mass is 9.83. The molecule has 0 radical (unpaired) electrons. The second kappa shape index (κ2) is 3.06. The van der Waals surface area contributed by atoms with Crippen molar-refractivity contribution in [3.05, 3.63) is 59.7 Å². The van der Waals surface area contributed by atoms with Crippen LogP contribution >= 0.6 is 0 Å². The van der Waals surface area contributed by atoms with Crippen LogP contribution in [0, 0.1) is 17.8 Å². The van der Waals surface area contributed by atoms with E-state index in [0.717, 1.165) is 23.7 Å². The molecule has 0 aliphatic heterocycles. The van der Waals surface area contributed by atoms with Crippen LogP contribution in [-0.2, 0) is 6.42 Å². The topological polar surface area (TPSA) is 0 Å². The van der Waals surface area contributed by atoms with E-state index < -0.39 is 0 Å². The van der Waals surface area contributed by atoms with Crippen LogP contribution in [0.5, 0.6) is 0 Å². The maximum absolute atomic E-state index is 2.49. The molecule has 1 saturated carbocycles. The average molecular weight is 232 g/mol. The Bertz CT molecular complexity index is 637. The van der Waals surface area contributed by atoms with Gasteiger partial charge in [-0.15, -0.1) is 0 Å². The Morgan fingerprint density at radius 2 is 1.83 bits per heavy atom. The highest BCUT2D eigenvalue weighted by Crippen LogP contribution is 2.60. The second-order valence-electron chi connectivity index (χ2n) is 6.20. The highest BCUT2D eigenvalue weighted by atomic mass is 14.5. The Balaban J connectivity index is 1.75. The van der Waals surface area contributed by atoms with E-state index in [1.54, 1.807) is 11.1 Å². The number of rotatable bonds is 0. The molecule has 0 spiro atoms. The van der Waals surface area contributed by atoms with Crippen LogP contribution in [0.2, 0.25) is 0 Å². The van der Waals surface area contributed by atoms with E-state index in [4.69, 9.17) is 0 Å². The molecule has 2 bridgehead atoms. The molecule has 4 unspecified atom stereocenters. The van der Waals surface area contributed by atoms with Crippen molar-refractivity contribution in [3.63, 3.8) is 0 Å². The Labute approximate surface area is 108 Å². The Kier molecular flexibility index (Phi) is 1.59. The van der Waals surface area contributed by atoms with Crippen molar-refractivity contribution in [2.75, 3.05) is 0 Å². The monoisotopic (exact) mass is 232 g/mol. The number of hydrogen-bond donors (Lipinski definition) is 0. The zero-order chi connectivity index (χ0) is 11.7. The molecule has 5 aliphatic rings. The summed E-state index contributed by atoms with van der Waals surface area (Å²) < 4.78 is 0. The van der Waals surface area contributed by atoms with Crippen molar-refractivity contribution in [3.8, 4) is 11.1 Å². The summed E-state index contributed by atoms with van der Waals surface area (Å²) in [7, 11) is 0. The maximum Gasteiger partial charge on any atom is -0.00585 e. The summed E-state index contributed by atoms with van der Waals surface area (Å²) in [5.41, 5.74) is 6.28. The fraction of sp³-hybridized carbons (Fsp3) is 0.333. The number of hydrogen-bond acceptors (Lipinski definition) is 0. The van der Waals surface area contributed by atoms with Crippen molar-refractivity contribution >= 4 is 0 Å². The summed E-state index contributed by atoms with van der Waals surface area (Å²) in [6.45, 7) is 0. The van der Waals surface area contributed by atoms with E-state index in [-0.39, 0.29) is 0 Å². The van der Waals surface area contributed by atoms with Crippen LogP contribution < -0.4 is 0 Å². The predicted molar refractivity (Wildman–Crippen MR) is 73.7 cm³/mol. The fourth-order valence-corrected chi connectivity index (χ4v) is 4.80. The van der Waals surface area contributed by atoms with Gasteiger partial charge in [0.25, 0.3) is 0 Å². The van der Waals surface area contributed by atoms with E-state index >= 15 is 0 Å². The summed E-state index contributed by atoms with van der Waals surface area (Å²) >= 11 is 0. The largest absolute Gasteiger partial charge is 0.0848 e. The predicted octanol–water partition coefficient (Wildman–Crippen LogP) is 4.25. The minimum absolute atomic E-state index is 0.840. The van der Waals surface area contributed by atoms with Gasteiger partial charge in [0.1, 0.15) is 0 Å². The van der Waals surface area contributed by atoms with Crippen LogP contribution in [-0.4, -0.2) is 0 Å². The first kappa shape index (κ1) is 9.38. The quantitative estimate of drug-likeness (QED) is 0.596. The molecule has 88 valence electrons. The molecule has 5 aliphatic carbocycles. The maximum atomic E-state index is 2.49. The molecule has 0 nitrogen and oxygen atoms in total. The van der Waals surface area contributed by atoms with E-state index in [0.29, 0.717) is 0 Å². The average Bonchev–Trinajstić information content (AvgIpc) is 3.05. The third kappa shape index (κ3) is 0.986. The smallest absolute Gasteiger partial charge is 0.00585 e. The first-order valence-electron chi connectivity index (χ1n) is 7.11. The Morgan fingerprint density at radius 1 is 0.944 bits per heavy atom. The van der Waals surface area contributed by atoms with Crippen molar-refractivity contribution < 1.29 is 0 Å². The molecule has 1 fully saturated rings. The summed E-state index contributed by atoms with van der Waals surface area (Å²) in [5.74, 6) is 3.47. The molecule has 0 aromatic heterocycles. The Hall–Kier alpha value is -1.56. The molecule has 0 saturated heterocycles. The molecule has 4 atom stereocenters. The molecular formula is C18H16. The van der Waals surface area contributed by atoms with Gasteiger partial charge in [0, 0.05) is 0 Å². The van der Waals surface area contributed by atoms with E-state index in [2.05, 4.69) is 48.6 Å². The van der Waals surface area contributed by atoms with Crippen molar-refractivity contribution in [1.29, 1.82) is 0 Å². The minimum atomic E-state index is 0.840. The van der Waals surface area contributed by atoms with Gasteiger partial charge in [0.15, 0.2) is 0 Å². The minimum Gasteiger partial charge on any atom is -0.0848 e. The zero-order valence-corrected chi connectivity index (χ0v) is 10.3. The highest BCUT2D eigenvalue weighted by molar-refractivity contribution is 5.75. The third-order valence-electron chi connectivity index (χ3n) is 5.48. The molecule has 18 heavy (non-hydrogen) atoms. The normalized spacial score (nSPS) is 35.1. The van der Waals surface area contributed by atoms with Gasteiger partial charge in [-0.05, 0) is 58.8 Å². The number of allylic oxidation sites excluding steroid dienone is 2. The van der Waals surface area contributed by atoms with E-state index in [1.165, 1.54) is 24.0 Å². The Morgan fingerprint density at radius 3 is 2.83 bits per heavy atom. The van der Waals surface area contributed by atoms with Gasteiger partial charge in [-0.1, -0.05) is 48.6 Å². The van der Waals surface area contributed by atoms with Crippen LogP contribution in [0.1, 0.15) is 23.5 Å². The summed E-state index contributed by atoms with van der Waals surface area (Å²) in [4.78, 5) is 0. The molecule has 5 rings (SSSR count). The summed E-state index contributed by atoms with van der Waals surface area (Å²) in [6, 6.07) is 13.5. The molecular weight excluding hydrogens is 216 g/mol. The van der Waals surface area contributed by atoms with Gasteiger partial charge >= 0.3 is 0 Å². The van der Waals surface area contributed by atoms with Gasteiger partial charge in [-0.3, -0.25) is 0 Å². The van der Waals surface area contributed by atoms with Crippen LogP contribution in [0.15, 0.2) is 48.6 Å². The molecule has 0 aromatic carbocycles. The van der Waals surface area contributed by atoms with Gasteiger partial charge in [0.2, 0.25) is 0 Å². The standard InChI is InChI=1S/C18H16/c1-2-4-11-9-17-16(14(11)5-3-1)10-15-12-6-7-13(8-12)18(15)17/h1-7,9,12-13,15,18H,8,10H2. The number of fused-ring (bicyclic) bond motifs is 9. The van der Waals surface area contributed by atoms with Crippen molar-refractivity contribution in [1.82, 2.24) is 0 Å². The van der Waals surface area contributed by atoms with Gasteiger partial charge in [0.05, 0.1) is 0 Å². The highest BCUT2D eigenvalue weighted by Gasteiger charge is 2.50. The summed E-state index contributed by atoms with van der Waals surface area (Å²) in [5, 5.41) is 0. The lowest BCUT2D eigenvalue weighted by Crippen LogP contribution is -2.12. The van der Waals surface area contributed by atoms with Crippen molar-refractivity contribution in [2.24, 2.45) is 17.8 Å². The summed E-state index contributed by atoms with van der Waals surface area (Å²) in [6.07, 6.45) is 7.71. The van der Waals surface area contributed by atoms with Gasteiger partial charge < -0.3 is 0 Å². The van der Waals surface area contributed by atoms with Gasteiger partial charge in [-0.2, -0.15) is 0 Å². The van der Waals surface area contributed by atoms with Gasteiger partial charge in [-0.25, -0.2) is 0 Å². The first-order valence-corrected chi connectivity index (χ1v) is 7.11. The lowest BCUT2D eigenvalue weighted by Gasteiger charge is -2.20. The molecule has 0 aromatic rings. The molecule has 0 N–H and O–H groups in total. The van der Waals surface area contributed by atoms with E-state index in [1.807, 2.05) is 0 Å². The second-order valence-corrected chi connectivity index (χ2v) is 6.20. The van der Waals surface area contributed by atoms with Crippen LogP contribution in [0.25, 0.3) is 11.1 Å². The third-order valence-corrected chi connectivity index (χ3v) is 5.48. The van der Waals surface area contributed by atoms with E-state index in [9.17, 15) is 0 Å². The SMILES string of the molecule is C1=CC2CC1C1Cc3c4cccccc-4cc3C21. The van der Waals surface area contributed by atoms with Crippen LogP contribution in [0.4, 0.5) is 0 Å². The molecule has 0 heteroatoms. The van der Waals surface area contributed by atoms with Crippen molar-refractivity contribution in [2.45, 2.75) is 18.8 Å². The first-order chi connectivity index (χ1) is 8.92. The molecule has 0 heterocycles. The fourth-order valence-electron chi connectivity index (χ4n) is 4.80.